The van der Waals surface area contributed by atoms with E-state index < -0.39 is 17.4 Å². The zero-order chi connectivity index (χ0) is 21.1. The number of halogens is 1. The summed E-state index contributed by atoms with van der Waals surface area (Å²) in [6.45, 7) is 1.50. The van der Waals surface area contributed by atoms with Crippen LogP contribution in [0.5, 0.6) is 5.75 Å². The lowest BCUT2D eigenvalue weighted by Gasteiger charge is -2.31. The quantitative estimate of drug-likeness (QED) is 0.777. The van der Waals surface area contributed by atoms with Crippen LogP contribution in [0.25, 0.3) is 0 Å². The number of nitrogens with zero attached hydrogens (tertiary/aromatic N) is 2. The van der Waals surface area contributed by atoms with E-state index in [1.54, 1.807) is 6.92 Å². The number of carbonyl (C=O) groups excluding carboxylic acids is 1. The molecule has 30 heavy (non-hydrogen) atoms. The van der Waals surface area contributed by atoms with E-state index in [0.717, 1.165) is 5.01 Å². The number of aliphatic hydroxyl groups is 1. The number of amides is 1. The fourth-order valence-electron chi connectivity index (χ4n) is 4.40. The van der Waals surface area contributed by atoms with Crippen LogP contribution in [-0.2, 0) is 10.5 Å². The van der Waals surface area contributed by atoms with Crippen molar-refractivity contribution in [3.63, 3.8) is 0 Å². The monoisotopic (exact) mass is 410 g/mol. The minimum Gasteiger partial charge on any atom is -0.484 e. The number of carbonyl (C=O) groups is 1. The molecule has 4 rings (SSSR count). The Morgan fingerprint density at radius 2 is 1.80 bits per heavy atom. The Morgan fingerprint density at radius 1 is 1.13 bits per heavy atom. The lowest BCUT2D eigenvalue weighted by Crippen LogP contribution is -2.45. The zero-order valence-corrected chi connectivity index (χ0v) is 17.2. The van der Waals surface area contributed by atoms with Gasteiger partial charge in [-0.1, -0.05) is 43.5 Å². The molecule has 6 heteroatoms. The van der Waals surface area contributed by atoms with Crippen LogP contribution in [0.2, 0.25) is 0 Å². The van der Waals surface area contributed by atoms with Gasteiger partial charge in [-0.25, -0.2) is 4.39 Å². The van der Waals surface area contributed by atoms with Gasteiger partial charge in [-0.05, 0) is 55.5 Å². The molecule has 0 bridgehead atoms. The van der Waals surface area contributed by atoms with Crippen molar-refractivity contribution < 1.29 is 19.0 Å². The van der Waals surface area contributed by atoms with Crippen LogP contribution >= 0.6 is 0 Å². The van der Waals surface area contributed by atoms with Gasteiger partial charge in [0.1, 0.15) is 11.6 Å². The highest BCUT2D eigenvalue weighted by atomic mass is 19.1. The molecule has 1 aliphatic carbocycles. The maximum atomic E-state index is 13.3. The molecular weight excluding hydrogens is 383 g/mol. The second-order valence-corrected chi connectivity index (χ2v) is 8.23. The van der Waals surface area contributed by atoms with Crippen LogP contribution in [0, 0.1) is 5.82 Å². The van der Waals surface area contributed by atoms with E-state index in [4.69, 9.17) is 4.74 Å². The number of ether oxygens (including phenoxy) is 1. The summed E-state index contributed by atoms with van der Waals surface area (Å²) >= 11 is 0. The Morgan fingerprint density at radius 3 is 2.47 bits per heavy atom. The van der Waals surface area contributed by atoms with Crippen molar-refractivity contribution in [2.24, 2.45) is 5.10 Å². The van der Waals surface area contributed by atoms with Crippen molar-refractivity contribution >= 4 is 11.6 Å². The molecule has 0 spiro atoms. The molecule has 1 fully saturated rings. The van der Waals surface area contributed by atoms with Gasteiger partial charge in [-0.3, -0.25) is 4.79 Å². The Labute approximate surface area is 176 Å². The van der Waals surface area contributed by atoms with E-state index >= 15 is 0 Å². The summed E-state index contributed by atoms with van der Waals surface area (Å²) in [5, 5.41) is 16.4. The van der Waals surface area contributed by atoms with Crippen LogP contribution in [0.4, 0.5) is 4.39 Å². The van der Waals surface area contributed by atoms with E-state index in [1.165, 1.54) is 61.9 Å². The predicted molar refractivity (Wildman–Crippen MR) is 113 cm³/mol. The summed E-state index contributed by atoms with van der Waals surface area (Å²) in [7, 11) is 0. The first-order valence-corrected chi connectivity index (χ1v) is 10.5. The first kappa shape index (κ1) is 20.5. The van der Waals surface area contributed by atoms with Crippen molar-refractivity contribution in [2.45, 2.75) is 57.1 Å². The van der Waals surface area contributed by atoms with E-state index in [0.29, 0.717) is 22.9 Å². The highest BCUT2D eigenvalue weighted by Gasteiger charge is 2.44. The standard InChI is InChI=1S/C24H27FN2O3/c1-17-15-24(29,20-9-11-21(25)12-10-20)27(26-17)23(28)16-30-22-13-7-19(8-14-22)18-5-3-2-4-6-18/h7-14,18,29H,2-6,15-16H2,1H3/t24-/m1/s1. The van der Waals surface area contributed by atoms with Gasteiger partial charge in [0.25, 0.3) is 5.91 Å². The second-order valence-electron chi connectivity index (χ2n) is 8.23. The molecule has 0 unspecified atom stereocenters. The van der Waals surface area contributed by atoms with Crippen molar-refractivity contribution in [1.82, 2.24) is 5.01 Å². The normalized spacial score (nSPS) is 22.1. The van der Waals surface area contributed by atoms with Crippen LogP contribution in [-0.4, -0.2) is 28.3 Å². The molecule has 2 aliphatic rings. The van der Waals surface area contributed by atoms with Crippen molar-refractivity contribution in [2.75, 3.05) is 6.61 Å². The maximum absolute atomic E-state index is 13.3. The summed E-state index contributed by atoms with van der Waals surface area (Å²) in [6.07, 6.45) is 6.51. The minimum atomic E-state index is -1.64. The summed E-state index contributed by atoms with van der Waals surface area (Å²) in [6, 6.07) is 13.4. The van der Waals surface area contributed by atoms with E-state index in [-0.39, 0.29) is 13.0 Å². The van der Waals surface area contributed by atoms with Gasteiger partial charge in [0.05, 0.1) is 0 Å². The predicted octanol–water partition coefficient (Wildman–Crippen LogP) is 4.71. The fraction of sp³-hybridized carbons (Fsp3) is 0.417. The van der Waals surface area contributed by atoms with Crippen LogP contribution in [0.3, 0.4) is 0 Å². The Balaban J connectivity index is 1.41. The smallest absolute Gasteiger partial charge is 0.283 e. The number of hydrazone groups is 1. The molecule has 1 aliphatic heterocycles. The molecule has 2 aromatic rings. The largest absolute Gasteiger partial charge is 0.484 e. The highest BCUT2D eigenvalue weighted by molar-refractivity contribution is 5.89. The molecule has 158 valence electrons. The number of hydrogen-bond donors (Lipinski definition) is 1. The SMILES string of the molecule is CC1=NN(C(=O)COc2ccc(C3CCCCC3)cc2)[C@](O)(c2ccc(F)cc2)C1. The fourth-order valence-corrected chi connectivity index (χ4v) is 4.40. The third kappa shape index (κ3) is 4.24. The van der Waals surface area contributed by atoms with Gasteiger partial charge in [0, 0.05) is 17.7 Å². The Kier molecular flexibility index (Phi) is 5.86. The summed E-state index contributed by atoms with van der Waals surface area (Å²) in [5.41, 5.74) is 0.712. The average Bonchev–Trinajstić information content (AvgIpc) is 3.08. The molecule has 1 amide bonds. The first-order chi connectivity index (χ1) is 14.5. The summed E-state index contributed by atoms with van der Waals surface area (Å²) < 4.78 is 19.0. The topological polar surface area (TPSA) is 62.1 Å². The molecule has 0 aromatic heterocycles. The molecule has 2 aromatic carbocycles. The molecule has 1 heterocycles. The number of hydrogen-bond acceptors (Lipinski definition) is 4. The number of benzene rings is 2. The molecule has 1 N–H and O–H groups in total. The minimum absolute atomic E-state index is 0.167. The molecular formula is C24H27FN2O3. The Bertz CT molecular complexity index is 920. The average molecular weight is 410 g/mol. The highest BCUT2D eigenvalue weighted by Crippen LogP contribution is 2.36. The van der Waals surface area contributed by atoms with Crippen LogP contribution in [0.15, 0.2) is 53.6 Å². The lowest BCUT2D eigenvalue weighted by molar-refractivity contribution is -0.159. The van der Waals surface area contributed by atoms with E-state index in [1.807, 2.05) is 12.1 Å². The van der Waals surface area contributed by atoms with Crippen LogP contribution < -0.4 is 4.74 Å². The third-order valence-electron chi connectivity index (χ3n) is 5.99. The van der Waals surface area contributed by atoms with Gasteiger partial charge >= 0.3 is 0 Å². The second kappa shape index (κ2) is 8.56. The summed E-state index contributed by atoms with van der Waals surface area (Å²) in [5.74, 6) is 0.348. The first-order valence-electron chi connectivity index (χ1n) is 10.5. The van der Waals surface area contributed by atoms with Crippen molar-refractivity contribution in [1.29, 1.82) is 0 Å². The molecule has 1 atom stereocenters. The van der Waals surface area contributed by atoms with Crippen molar-refractivity contribution in [3.05, 3.63) is 65.5 Å². The van der Waals surface area contributed by atoms with E-state index in [2.05, 4.69) is 17.2 Å². The zero-order valence-electron chi connectivity index (χ0n) is 17.2. The molecule has 0 saturated heterocycles. The van der Waals surface area contributed by atoms with E-state index in [9.17, 15) is 14.3 Å². The van der Waals surface area contributed by atoms with Gasteiger partial charge in [-0.2, -0.15) is 10.1 Å². The summed E-state index contributed by atoms with van der Waals surface area (Å²) in [4.78, 5) is 12.8. The molecule has 1 saturated carbocycles. The van der Waals surface area contributed by atoms with Crippen LogP contribution in [0.1, 0.15) is 62.5 Å². The maximum Gasteiger partial charge on any atom is 0.283 e. The van der Waals surface area contributed by atoms with Crippen molar-refractivity contribution in [3.8, 4) is 5.75 Å². The lowest BCUT2D eigenvalue weighted by atomic mass is 9.84. The van der Waals surface area contributed by atoms with Gasteiger partial charge in [-0.15, -0.1) is 0 Å². The van der Waals surface area contributed by atoms with Gasteiger partial charge in [0.15, 0.2) is 12.3 Å². The number of rotatable bonds is 5. The Hall–Kier alpha value is -2.73. The third-order valence-corrected chi connectivity index (χ3v) is 5.99. The van der Waals surface area contributed by atoms with Gasteiger partial charge < -0.3 is 9.84 Å². The molecule has 0 radical (unpaired) electrons. The molecule has 5 nitrogen and oxygen atoms in total. The van der Waals surface area contributed by atoms with Gasteiger partial charge in [0.2, 0.25) is 0 Å².